The van der Waals surface area contributed by atoms with Crippen molar-refractivity contribution in [1.29, 1.82) is 0 Å². The first-order chi connectivity index (χ1) is 5.47. The first-order valence-electron chi connectivity index (χ1n) is 3.26. The summed E-state index contributed by atoms with van der Waals surface area (Å²) < 4.78 is 0. The molecule has 2 aliphatic rings. The normalized spacial score (nSPS) is 19.6. The van der Waals surface area contributed by atoms with Crippen LogP contribution in [0.25, 0.3) is 0 Å². The predicted molar refractivity (Wildman–Crippen MR) is 41.8 cm³/mol. The van der Waals surface area contributed by atoms with E-state index < -0.39 is 0 Å². The van der Waals surface area contributed by atoms with Gasteiger partial charge in [-0.05, 0) is 22.6 Å². The van der Waals surface area contributed by atoms with Crippen LogP contribution in [0.2, 0.25) is 0 Å². The molecule has 0 aromatic rings. The van der Waals surface area contributed by atoms with Gasteiger partial charge in [0.15, 0.2) is 0 Å². The van der Waals surface area contributed by atoms with Crippen LogP contribution in [0, 0.1) is 0 Å². The van der Waals surface area contributed by atoms with E-state index in [1.165, 1.54) is 0 Å². The third-order valence-electron chi connectivity index (χ3n) is 1.38. The van der Waals surface area contributed by atoms with Gasteiger partial charge in [0.1, 0.15) is 5.71 Å². The van der Waals surface area contributed by atoms with Crippen molar-refractivity contribution < 1.29 is 0 Å². The molecule has 4 nitrogen and oxygen atoms in total. The van der Waals surface area contributed by atoms with Gasteiger partial charge in [0, 0.05) is 0 Å². The number of nitrogens with one attached hydrogen (secondary N) is 1. The lowest BCUT2D eigenvalue weighted by Gasteiger charge is -2.05. The molecular weight excluding hydrogens is 140 g/mol. The van der Waals surface area contributed by atoms with Gasteiger partial charge >= 0.3 is 0 Å². The summed E-state index contributed by atoms with van der Waals surface area (Å²) in [6.45, 7) is 0. The molecule has 2 rings (SSSR count). The quantitative estimate of drug-likeness (QED) is 0.550. The zero-order valence-electron chi connectivity index (χ0n) is 5.73. The van der Waals surface area contributed by atoms with Gasteiger partial charge < -0.3 is 0 Å². The molecule has 0 saturated carbocycles. The van der Waals surface area contributed by atoms with Gasteiger partial charge in [-0.15, -0.1) is 5.10 Å². The lowest BCUT2D eigenvalue weighted by atomic mass is 10.2. The molecule has 11 heavy (non-hydrogen) atoms. The molecule has 1 N–H and O–H groups in total. The average Bonchev–Trinajstić information content (AvgIpc) is 2.28. The largest absolute Gasteiger partial charge is 0.256 e. The topological polar surface area (TPSA) is 49.1 Å². The molecular formula is C7H6N4. The van der Waals surface area contributed by atoms with Crippen LogP contribution in [-0.2, 0) is 0 Å². The summed E-state index contributed by atoms with van der Waals surface area (Å²) in [7, 11) is 0. The molecule has 0 aromatic heterocycles. The maximum absolute atomic E-state index is 3.83. The lowest BCUT2D eigenvalue weighted by Crippen LogP contribution is -2.15. The standard InChI is InChI=1S/C7H6N4/c1-2-4-6-7(5-3-1)9-11-10-8-6/h1-5H,(H,8,11). The van der Waals surface area contributed by atoms with Crippen LogP contribution in [0.1, 0.15) is 0 Å². The second kappa shape index (κ2) is 2.49. The van der Waals surface area contributed by atoms with Crippen LogP contribution < -0.4 is 5.43 Å². The molecule has 54 valence electrons. The number of nitrogens with zero attached hydrogens (tertiary/aromatic N) is 3. The van der Waals surface area contributed by atoms with Crippen molar-refractivity contribution in [2.75, 3.05) is 0 Å². The molecule has 0 fully saturated rings. The first kappa shape index (κ1) is 6.03. The highest BCUT2D eigenvalue weighted by atomic mass is 15.5. The summed E-state index contributed by atoms with van der Waals surface area (Å²) in [6, 6.07) is 0. The Bertz CT molecular complexity index is 306. The van der Waals surface area contributed by atoms with E-state index in [1.54, 1.807) is 0 Å². The van der Waals surface area contributed by atoms with Crippen LogP contribution in [0.3, 0.4) is 0 Å². The van der Waals surface area contributed by atoms with Crippen LogP contribution in [0.5, 0.6) is 0 Å². The molecule has 0 amide bonds. The Morgan fingerprint density at radius 2 is 2.18 bits per heavy atom. The molecule has 1 aliphatic heterocycles. The Hall–Kier alpha value is -1.71. The van der Waals surface area contributed by atoms with Gasteiger partial charge in [-0.25, -0.2) is 0 Å². The number of rotatable bonds is 0. The maximum Gasteiger partial charge on any atom is 0.113 e. The second-order valence-corrected chi connectivity index (χ2v) is 2.11. The van der Waals surface area contributed by atoms with E-state index in [0.717, 1.165) is 11.4 Å². The van der Waals surface area contributed by atoms with E-state index in [9.17, 15) is 0 Å². The minimum Gasteiger partial charge on any atom is -0.256 e. The van der Waals surface area contributed by atoms with Crippen molar-refractivity contribution in [3.63, 3.8) is 0 Å². The smallest absolute Gasteiger partial charge is 0.113 e. The third-order valence-corrected chi connectivity index (χ3v) is 1.38. The Morgan fingerprint density at radius 1 is 1.18 bits per heavy atom. The van der Waals surface area contributed by atoms with Crippen molar-refractivity contribution in [2.45, 2.75) is 0 Å². The van der Waals surface area contributed by atoms with Crippen LogP contribution >= 0.6 is 0 Å². The lowest BCUT2D eigenvalue weighted by molar-refractivity contribution is 0.779. The van der Waals surface area contributed by atoms with Gasteiger partial charge in [0.25, 0.3) is 0 Å². The predicted octanol–water partition coefficient (Wildman–Crippen LogP) is 1.32. The van der Waals surface area contributed by atoms with Crippen molar-refractivity contribution in [1.82, 2.24) is 5.43 Å². The average molecular weight is 146 g/mol. The molecule has 0 unspecified atom stereocenters. The third kappa shape index (κ3) is 1.10. The summed E-state index contributed by atoms with van der Waals surface area (Å²) in [5, 5.41) is 10.9. The van der Waals surface area contributed by atoms with E-state index in [1.807, 2.05) is 30.4 Å². The molecule has 4 heteroatoms. The summed E-state index contributed by atoms with van der Waals surface area (Å²) in [5.41, 5.74) is 4.44. The van der Waals surface area contributed by atoms with E-state index in [4.69, 9.17) is 0 Å². The van der Waals surface area contributed by atoms with Crippen molar-refractivity contribution in [2.24, 2.45) is 15.5 Å². The highest BCUT2D eigenvalue weighted by Crippen LogP contribution is 2.05. The Morgan fingerprint density at radius 3 is 3.18 bits per heavy atom. The molecule has 1 aliphatic carbocycles. The van der Waals surface area contributed by atoms with Crippen molar-refractivity contribution >= 4 is 5.71 Å². The number of hydrogen-bond acceptors (Lipinski definition) is 4. The maximum atomic E-state index is 3.83. The van der Waals surface area contributed by atoms with Gasteiger partial charge in [-0.1, -0.05) is 18.2 Å². The van der Waals surface area contributed by atoms with Crippen molar-refractivity contribution in [3.8, 4) is 0 Å². The molecule has 0 spiro atoms. The summed E-state index contributed by atoms with van der Waals surface area (Å²) in [6.07, 6.45) is 9.53. The van der Waals surface area contributed by atoms with Gasteiger partial charge in [0.05, 0.1) is 5.70 Å². The van der Waals surface area contributed by atoms with E-state index >= 15 is 0 Å². The molecule has 0 bridgehead atoms. The van der Waals surface area contributed by atoms with Crippen molar-refractivity contribution in [3.05, 3.63) is 36.1 Å². The Labute approximate surface area is 63.7 Å². The molecule has 0 atom stereocenters. The first-order valence-corrected chi connectivity index (χ1v) is 3.26. The highest BCUT2D eigenvalue weighted by Gasteiger charge is 2.06. The molecule has 0 saturated heterocycles. The van der Waals surface area contributed by atoms with E-state index in [0.29, 0.717) is 0 Å². The molecule has 0 aromatic carbocycles. The summed E-state index contributed by atoms with van der Waals surface area (Å²) >= 11 is 0. The summed E-state index contributed by atoms with van der Waals surface area (Å²) in [4.78, 5) is 0. The zero-order chi connectivity index (χ0) is 7.52. The molecule has 0 radical (unpaired) electrons. The number of fused-ring (bicyclic) bond motifs is 1. The number of hydrogen-bond donors (Lipinski definition) is 1. The Kier molecular flexibility index (Phi) is 1.37. The fourth-order valence-electron chi connectivity index (χ4n) is 0.866. The minimum absolute atomic E-state index is 0.810. The molecule has 1 heterocycles. The monoisotopic (exact) mass is 146 g/mol. The Balaban J connectivity index is 2.44. The SMILES string of the molecule is C1=CC=C2NN=NN=C2C=C1. The summed E-state index contributed by atoms with van der Waals surface area (Å²) in [5.74, 6) is 0. The zero-order valence-corrected chi connectivity index (χ0v) is 5.73. The minimum atomic E-state index is 0.810. The fraction of sp³-hybridized carbons (Fsp3) is 0. The van der Waals surface area contributed by atoms with Crippen LogP contribution in [0.4, 0.5) is 0 Å². The van der Waals surface area contributed by atoms with E-state index in [2.05, 4.69) is 21.0 Å². The van der Waals surface area contributed by atoms with Crippen LogP contribution in [0.15, 0.2) is 51.6 Å². The highest BCUT2D eigenvalue weighted by molar-refractivity contribution is 6.08. The van der Waals surface area contributed by atoms with Gasteiger partial charge in [-0.3, -0.25) is 5.43 Å². The van der Waals surface area contributed by atoms with Crippen LogP contribution in [-0.4, -0.2) is 5.71 Å². The van der Waals surface area contributed by atoms with Gasteiger partial charge in [0.2, 0.25) is 0 Å². The fourth-order valence-corrected chi connectivity index (χ4v) is 0.866. The van der Waals surface area contributed by atoms with Gasteiger partial charge in [-0.2, -0.15) is 0 Å². The second-order valence-electron chi connectivity index (χ2n) is 2.11. The van der Waals surface area contributed by atoms with E-state index in [-0.39, 0.29) is 0 Å². The number of allylic oxidation sites excluding steroid dienone is 5.